The molecule has 0 radical (unpaired) electrons. The highest BCUT2D eigenvalue weighted by molar-refractivity contribution is 5.47. The van der Waals surface area contributed by atoms with E-state index in [0.717, 1.165) is 31.3 Å². The number of nitrogens with zero attached hydrogens (tertiary/aromatic N) is 3. The van der Waals surface area contributed by atoms with Crippen LogP contribution in [0, 0.1) is 11.6 Å². The number of ether oxygens (including phenoxy) is 1. The average molecular weight is 333 g/mol. The van der Waals surface area contributed by atoms with Crippen molar-refractivity contribution in [1.82, 2.24) is 9.55 Å². The van der Waals surface area contributed by atoms with Crippen molar-refractivity contribution in [2.75, 3.05) is 11.4 Å². The fourth-order valence-corrected chi connectivity index (χ4v) is 3.51. The van der Waals surface area contributed by atoms with E-state index >= 15 is 0 Å². The molecule has 1 aromatic heterocycles. The summed E-state index contributed by atoms with van der Waals surface area (Å²) < 4.78 is 33.6. The van der Waals surface area contributed by atoms with Gasteiger partial charge in [0.15, 0.2) is 0 Å². The molecular weight excluding hydrogens is 316 g/mol. The molecule has 0 N–H and O–H groups in total. The molecule has 4 rings (SSSR count). The maximum Gasteiger partial charge on any atom is 0.352 e. The Kier molecular flexibility index (Phi) is 3.70. The molecule has 0 aliphatic carbocycles. The molecule has 3 heterocycles. The third kappa shape index (κ3) is 2.74. The van der Waals surface area contributed by atoms with E-state index in [1.54, 1.807) is 10.6 Å². The van der Waals surface area contributed by atoms with Crippen molar-refractivity contribution in [2.24, 2.45) is 0 Å². The predicted molar refractivity (Wildman–Crippen MR) is 84.2 cm³/mol. The van der Waals surface area contributed by atoms with Crippen LogP contribution in [0.4, 0.5) is 14.6 Å². The third-order valence-electron chi connectivity index (χ3n) is 4.59. The summed E-state index contributed by atoms with van der Waals surface area (Å²) in [5.41, 5.74) is 0.00747. The van der Waals surface area contributed by atoms with Gasteiger partial charge < -0.3 is 9.64 Å². The lowest BCUT2D eigenvalue weighted by atomic mass is 10.0. The molecule has 2 aliphatic heterocycles. The number of aromatic nitrogens is 2. The normalized spacial score (nSPS) is 19.1. The first-order valence-electron chi connectivity index (χ1n) is 8.06. The number of fused-ring (bicyclic) bond motifs is 3. The van der Waals surface area contributed by atoms with Crippen LogP contribution in [0.5, 0.6) is 5.88 Å². The van der Waals surface area contributed by atoms with Crippen molar-refractivity contribution in [3.63, 3.8) is 0 Å². The molecule has 0 spiro atoms. The van der Waals surface area contributed by atoms with Crippen LogP contribution < -0.4 is 15.3 Å². The van der Waals surface area contributed by atoms with E-state index < -0.39 is 11.6 Å². The van der Waals surface area contributed by atoms with Crippen molar-refractivity contribution in [2.45, 2.75) is 38.5 Å². The molecule has 0 bridgehead atoms. The number of anilines is 1. The molecule has 1 unspecified atom stereocenters. The average Bonchev–Trinajstić information content (AvgIpc) is 2.92. The molecule has 1 aromatic carbocycles. The summed E-state index contributed by atoms with van der Waals surface area (Å²) in [7, 11) is 0. The Hall–Kier alpha value is -2.44. The third-order valence-corrected chi connectivity index (χ3v) is 4.59. The van der Waals surface area contributed by atoms with Crippen molar-refractivity contribution in [3.05, 3.63) is 51.9 Å². The van der Waals surface area contributed by atoms with E-state index in [-0.39, 0.29) is 18.2 Å². The van der Waals surface area contributed by atoms with E-state index in [4.69, 9.17) is 4.74 Å². The number of halogens is 2. The Bertz CT molecular complexity index is 817. The van der Waals surface area contributed by atoms with Gasteiger partial charge in [-0.1, -0.05) is 0 Å². The largest absolute Gasteiger partial charge is 0.473 e. The van der Waals surface area contributed by atoms with E-state index in [9.17, 15) is 13.6 Å². The second-order valence-electron chi connectivity index (χ2n) is 6.26. The summed E-state index contributed by atoms with van der Waals surface area (Å²) in [6, 6.07) is 5.29. The Morgan fingerprint density at radius 2 is 1.96 bits per heavy atom. The molecule has 2 aliphatic rings. The zero-order valence-corrected chi connectivity index (χ0v) is 13.0. The predicted octanol–water partition coefficient (Wildman–Crippen LogP) is 2.47. The number of benzene rings is 1. The van der Waals surface area contributed by atoms with Gasteiger partial charge in [0, 0.05) is 31.3 Å². The molecular formula is C17H17F2N3O2. The first-order valence-corrected chi connectivity index (χ1v) is 8.06. The zero-order valence-electron chi connectivity index (χ0n) is 13.0. The standard InChI is InChI=1S/C17H17F2N3O2/c18-12-5-11(6-13(19)7-12)10-24-15-8-16-21-4-2-1-3-14(21)9-22(16)17(23)20-15/h5-8,14H,1-4,9-10H2. The highest BCUT2D eigenvalue weighted by Crippen LogP contribution is 2.32. The number of rotatable bonds is 3. The minimum atomic E-state index is -0.660. The van der Waals surface area contributed by atoms with E-state index in [1.165, 1.54) is 18.6 Å². The van der Waals surface area contributed by atoms with Crippen LogP contribution >= 0.6 is 0 Å². The van der Waals surface area contributed by atoms with Crippen LogP contribution in [0.15, 0.2) is 29.1 Å². The Labute approximate surface area is 137 Å². The Morgan fingerprint density at radius 3 is 2.75 bits per heavy atom. The van der Waals surface area contributed by atoms with Crippen LogP contribution in [0.3, 0.4) is 0 Å². The number of hydrogen-bond acceptors (Lipinski definition) is 4. The number of piperidine rings is 1. The van der Waals surface area contributed by atoms with Crippen LogP contribution in [-0.4, -0.2) is 22.1 Å². The molecule has 0 saturated carbocycles. The van der Waals surface area contributed by atoms with Crippen LogP contribution in [0.2, 0.25) is 0 Å². The molecule has 5 nitrogen and oxygen atoms in total. The molecule has 7 heteroatoms. The first-order chi connectivity index (χ1) is 11.6. The summed E-state index contributed by atoms with van der Waals surface area (Å²) in [5.74, 6) is -0.319. The quantitative estimate of drug-likeness (QED) is 0.866. The van der Waals surface area contributed by atoms with Gasteiger partial charge in [0.1, 0.15) is 24.1 Å². The van der Waals surface area contributed by atoms with Crippen LogP contribution in [-0.2, 0) is 13.2 Å². The smallest absolute Gasteiger partial charge is 0.352 e. The lowest BCUT2D eigenvalue weighted by molar-refractivity contribution is 0.290. The van der Waals surface area contributed by atoms with Gasteiger partial charge in [-0.2, -0.15) is 4.98 Å². The molecule has 126 valence electrons. The van der Waals surface area contributed by atoms with E-state index in [0.29, 0.717) is 18.2 Å². The summed E-state index contributed by atoms with van der Waals surface area (Å²) in [6.45, 7) is 1.53. The maximum atomic E-state index is 13.2. The molecule has 0 amide bonds. The van der Waals surface area contributed by atoms with Gasteiger partial charge in [0.2, 0.25) is 5.88 Å². The highest BCUT2D eigenvalue weighted by atomic mass is 19.1. The van der Waals surface area contributed by atoms with Gasteiger partial charge >= 0.3 is 5.69 Å². The second-order valence-corrected chi connectivity index (χ2v) is 6.26. The molecule has 1 atom stereocenters. The first kappa shape index (κ1) is 15.1. The van der Waals surface area contributed by atoms with Gasteiger partial charge in [0.05, 0.1) is 0 Å². The molecule has 2 aromatic rings. The fraction of sp³-hybridized carbons (Fsp3) is 0.412. The second kappa shape index (κ2) is 5.89. The van der Waals surface area contributed by atoms with Crippen molar-refractivity contribution < 1.29 is 13.5 Å². The lowest BCUT2D eigenvalue weighted by Crippen LogP contribution is -2.36. The van der Waals surface area contributed by atoms with Crippen molar-refractivity contribution in [3.8, 4) is 5.88 Å². The summed E-state index contributed by atoms with van der Waals surface area (Å²) in [4.78, 5) is 18.4. The lowest BCUT2D eigenvalue weighted by Gasteiger charge is -2.30. The zero-order chi connectivity index (χ0) is 16.7. The van der Waals surface area contributed by atoms with E-state index in [1.807, 2.05) is 0 Å². The van der Waals surface area contributed by atoms with Crippen LogP contribution in [0.1, 0.15) is 24.8 Å². The SMILES string of the molecule is O=c1nc(OCc2cc(F)cc(F)c2)cc2n1CC1CCCCN21. The van der Waals surface area contributed by atoms with Crippen molar-refractivity contribution >= 4 is 5.82 Å². The van der Waals surface area contributed by atoms with Gasteiger partial charge in [0.25, 0.3) is 0 Å². The van der Waals surface area contributed by atoms with Crippen LogP contribution in [0.25, 0.3) is 0 Å². The summed E-state index contributed by atoms with van der Waals surface area (Å²) in [5, 5.41) is 0. The van der Waals surface area contributed by atoms with Gasteiger partial charge in [-0.3, -0.25) is 4.57 Å². The molecule has 1 fully saturated rings. The van der Waals surface area contributed by atoms with Gasteiger partial charge in [-0.25, -0.2) is 13.6 Å². The minimum Gasteiger partial charge on any atom is -0.473 e. The Balaban J connectivity index is 1.57. The monoisotopic (exact) mass is 333 g/mol. The molecule has 1 saturated heterocycles. The molecule has 24 heavy (non-hydrogen) atoms. The topological polar surface area (TPSA) is 47.4 Å². The van der Waals surface area contributed by atoms with Gasteiger partial charge in [-0.05, 0) is 37.0 Å². The Morgan fingerprint density at radius 1 is 1.17 bits per heavy atom. The maximum absolute atomic E-state index is 13.2. The summed E-state index contributed by atoms with van der Waals surface area (Å²) in [6.07, 6.45) is 3.34. The van der Waals surface area contributed by atoms with Gasteiger partial charge in [-0.15, -0.1) is 0 Å². The summed E-state index contributed by atoms with van der Waals surface area (Å²) >= 11 is 0. The number of hydrogen-bond donors (Lipinski definition) is 0. The van der Waals surface area contributed by atoms with E-state index in [2.05, 4.69) is 9.88 Å². The minimum absolute atomic E-state index is 0.0476. The fourth-order valence-electron chi connectivity index (χ4n) is 3.51. The highest BCUT2D eigenvalue weighted by Gasteiger charge is 2.32. The van der Waals surface area contributed by atoms with Crippen molar-refractivity contribution in [1.29, 1.82) is 0 Å².